The molecule has 0 spiro atoms. The average Bonchev–Trinajstić information content (AvgIpc) is 3.17. The van der Waals surface area contributed by atoms with Gasteiger partial charge in [0.2, 0.25) is 0 Å². The van der Waals surface area contributed by atoms with E-state index in [1.165, 1.54) is 14.0 Å². The molecule has 1 saturated carbocycles. The maximum Gasteiger partial charge on any atom is 0.419 e. The summed E-state index contributed by atoms with van der Waals surface area (Å²) in [6.45, 7) is 1.98. The van der Waals surface area contributed by atoms with Crippen LogP contribution in [-0.4, -0.2) is 56.1 Å². The van der Waals surface area contributed by atoms with Gasteiger partial charge < -0.3 is 14.4 Å². The largest absolute Gasteiger partial charge is 0.461 e. The Bertz CT molecular complexity index is 332. The van der Waals surface area contributed by atoms with Crippen molar-refractivity contribution in [2.24, 2.45) is 5.92 Å². The molecule has 19 heavy (non-hydrogen) atoms. The Hall–Kier alpha value is -1.24. The molecule has 0 bridgehead atoms. The molecule has 0 aromatic heterocycles. The Morgan fingerprint density at radius 3 is 2.53 bits per heavy atom. The summed E-state index contributed by atoms with van der Waals surface area (Å²) in [6, 6.07) is 0. The lowest BCUT2D eigenvalue weighted by atomic mass is 10.3. The van der Waals surface area contributed by atoms with Crippen molar-refractivity contribution < 1.29 is 27.8 Å². The van der Waals surface area contributed by atoms with E-state index in [0.29, 0.717) is 12.5 Å². The molecule has 1 amide bonds. The van der Waals surface area contributed by atoms with Gasteiger partial charge in [0.05, 0.1) is 13.2 Å². The fourth-order valence-electron chi connectivity index (χ4n) is 1.39. The number of carbonyl (C=O) groups is 2. The summed E-state index contributed by atoms with van der Waals surface area (Å²) in [5, 5.41) is 0. The van der Waals surface area contributed by atoms with Crippen LogP contribution >= 0.6 is 0 Å². The molecular weight excluding hydrogens is 260 g/mol. The topological polar surface area (TPSA) is 55.8 Å². The Balaban J connectivity index is 2.33. The number of ether oxygens (including phenoxy) is 2. The third-order valence-corrected chi connectivity index (χ3v) is 2.77. The van der Waals surface area contributed by atoms with Crippen molar-refractivity contribution in [1.82, 2.24) is 4.90 Å². The molecule has 0 aliphatic heterocycles. The molecule has 1 fully saturated rings. The molecule has 0 saturated heterocycles. The SMILES string of the molecule is CCOC(=O)C(F)(F)C(=O)N(C)CCOCC1CC1. The van der Waals surface area contributed by atoms with E-state index in [4.69, 9.17) is 4.74 Å². The summed E-state index contributed by atoms with van der Waals surface area (Å²) in [5.41, 5.74) is 0. The summed E-state index contributed by atoms with van der Waals surface area (Å²) in [6.07, 6.45) is 2.27. The van der Waals surface area contributed by atoms with Crippen molar-refractivity contribution in [3.63, 3.8) is 0 Å². The number of rotatable bonds is 8. The Morgan fingerprint density at radius 1 is 1.37 bits per heavy atom. The summed E-state index contributed by atoms with van der Waals surface area (Å²) < 4.78 is 36.2. The van der Waals surface area contributed by atoms with E-state index in [-0.39, 0.29) is 19.8 Å². The van der Waals surface area contributed by atoms with E-state index >= 15 is 0 Å². The van der Waals surface area contributed by atoms with Crippen molar-refractivity contribution in [1.29, 1.82) is 0 Å². The first-order chi connectivity index (χ1) is 8.89. The van der Waals surface area contributed by atoms with Crippen LogP contribution in [0.15, 0.2) is 0 Å². The van der Waals surface area contributed by atoms with E-state index < -0.39 is 17.8 Å². The summed E-state index contributed by atoms with van der Waals surface area (Å²) >= 11 is 0. The molecule has 0 unspecified atom stereocenters. The second-order valence-electron chi connectivity index (χ2n) is 4.54. The van der Waals surface area contributed by atoms with Crippen LogP contribution in [0.1, 0.15) is 19.8 Å². The third kappa shape index (κ3) is 4.74. The fraction of sp³-hybridized carbons (Fsp3) is 0.833. The van der Waals surface area contributed by atoms with E-state index in [1.54, 1.807) is 0 Å². The second kappa shape index (κ2) is 6.79. The standard InChI is InChI=1S/C12H19F2NO4/c1-3-19-11(17)12(13,14)10(16)15(2)6-7-18-8-9-4-5-9/h9H,3-8H2,1-2H3. The van der Waals surface area contributed by atoms with Crippen molar-refractivity contribution in [3.05, 3.63) is 0 Å². The van der Waals surface area contributed by atoms with Gasteiger partial charge in [-0.1, -0.05) is 0 Å². The van der Waals surface area contributed by atoms with Crippen LogP contribution in [0.3, 0.4) is 0 Å². The van der Waals surface area contributed by atoms with Crippen LogP contribution in [-0.2, 0) is 19.1 Å². The number of nitrogens with zero attached hydrogens (tertiary/aromatic N) is 1. The number of esters is 1. The molecular formula is C12H19F2NO4. The summed E-state index contributed by atoms with van der Waals surface area (Å²) in [5.74, 6) is -6.95. The lowest BCUT2D eigenvalue weighted by molar-refractivity contribution is -0.182. The van der Waals surface area contributed by atoms with Gasteiger partial charge in [0.25, 0.3) is 0 Å². The minimum absolute atomic E-state index is 0.0144. The smallest absolute Gasteiger partial charge is 0.419 e. The molecule has 0 aromatic carbocycles. The van der Waals surface area contributed by atoms with Crippen LogP contribution in [0.5, 0.6) is 0 Å². The van der Waals surface area contributed by atoms with Crippen molar-refractivity contribution in [2.45, 2.75) is 25.7 Å². The van der Waals surface area contributed by atoms with Gasteiger partial charge in [0, 0.05) is 20.2 Å². The third-order valence-electron chi connectivity index (χ3n) is 2.77. The number of hydrogen-bond acceptors (Lipinski definition) is 4. The molecule has 0 aromatic rings. The highest BCUT2D eigenvalue weighted by Crippen LogP contribution is 2.28. The van der Waals surface area contributed by atoms with Gasteiger partial charge >= 0.3 is 17.8 Å². The first kappa shape index (κ1) is 15.8. The van der Waals surface area contributed by atoms with Gasteiger partial charge in [-0.15, -0.1) is 0 Å². The average molecular weight is 279 g/mol. The van der Waals surface area contributed by atoms with Gasteiger partial charge in [-0.05, 0) is 25.7 Å². The molecule has 1 rings (SSSR count). The molecule has 1 aliphatic carbocycles. The number of alkyl halides is 2. The number of carbonyl (C=O) groups excluding carboxylic acids is 2. The molecule has 110 valence electrons. The van der Waals surface area contributed by atoms with Gasteiger partial charge in [0.15, 0.2) is 0 Å². The molecule has 0 N–H and O–H groups in total. The lowest BCUT2D eigenvalue weighted by Crippen LogP contribution is -2.48. The molecule has 0 atom stereocenters. The molecule has 5 nitrogen and oxygen atoms in total. The number of hydrogen-bond donors (Lipinski definition) is 0. The molecule has 0 heterocycles. The van der Waals surface area contributed by atoms with Crippen LogP contribution in [0.25, 0.3) is 0 Å². The number of amides is 1. The van der Waals surface area contributed by atoms with Crippen molar-refractivity contribution >= 4 is 11.9 Å². The Morgan fingerprint density at radius 2 is 2.00 bits per heavy atom. The normalized spacial score (nSPS) is 15.2. The first-order valence-electron chi connectivity index (χ1n) is 6.28. The van der Waals surface area contributed by atoms with E-state index in [1.807, 2.05) is 0 Å². The fourth-order valence-corrected chi connectivity index (χ4v) is 1.39. The van der Waals surface area contributed by atoms with Crippen molar-refractivity contribution in [2.75, 3.05) is 33.4 Å². The number of likely N-dealkylation sites (N-methyl/N-ethyl adjacent to an activating group) is 1. The highest BCUT2D eigenvalue weighted by atomic mass is 19.3. The highest BCUT2D eigenvalue weighted by Gasteiger charge is 2.50. The van der Waals surface area contributed by atoms with Crippen LogP contribution < -0.4 is 0 Å². The maximum absolute atomic E-state index is 13.4. The van der Waals surface area contributed by atoms with E-state index in [2.05, 4.69) is 4.74 Å². The highest BCUT2D eigenvalue weighted by molar-refractivity contribution is 6.03. The Kier molecular flexibility index (Phi) is 5.65. The summed E-state index contributed by atoms with van der Waals surface area (Å²) in [4.78, 5) is 23.2. The van der Waals surface area contributed by atoms with E-state index in [9.17, 15) is 18.4 Å². The lowest BCUT2D eigenvalue weighted by Gasteiger charge is -2.21. The van der Waals surface area contributed by atoms with Crippen LogP contribution in [0, 0.1) is 5.92 Å². The monoisotopic (exact) mass is 279 g/mol. The van der Waals surface area contributed by atoms with Gasteiger partial charge in [-0.25, -0.2) is 4.79 Å². The quantitative estimate of drug-likeness (QED) is 0.379. The minimum Gasteiger partial charge on any atom is -0.461 e. The predicted molar refractivity (Wildman–Crippen MR) is 62.8 cm³/mol. The zero-order valence-corrected chi connectivity index (χ0v) is 11.2. The molecule has 0 radical (unpaired) electrons. The predicted octanol–water partition coefficient (Wildman–Crippen LogP) is 1.07. The zero-order chi connectivity index (χ0) is 14.5. The van der Waals surface area contributed by atoms with Crippen LogP contribution in [0.2, 0.25) is 0 Å². The van der Waals surface area contributed by atoms with Gasteiger partial charge in [-0.2, -0.15) is 8.78 Å². The first-order valence-corrected chi connectivity index (χ1v) is 6.28. The van der Waals surface area contributed by atoms with E-state index in [0.717, 1.165) is 17.7 Å². The summed E-state index contributed by atoms with van der Waals surface area (Å²) in [7, 11) is 1.20. The minimum atomic E-state index is -4.14. The zero-order valence-electron chi connectivity index (χ0n) is 11.2. The van der Waals surface area contributed by atoms with Gasteiger partial charge in [0.1, 0.15) is 0 Å². The van der Waals surface area contributed by atoms with Crippen LogP contribution in [0.4, 0.5) is 8.78 Å². The van der Waals surface area contributed by atoms with Gasteiger partial charge in [-0.3, -0.25) is 4.79 Å². The maximum atomic E-state index is 13.4. The van der Waals surface area contributed by atoms with Crippen molar-refractivity contribution in [3.8, 4) is 0 Å². The second-order valence-corrected chi connectivity index (χ2v) is 4.54. The number of halogens is 2. The molecule has 7 heteroatoms. The Labute approximate surface area is 110 Å². The molecule has 1 aliphatic rings.